The normalized spacial score (nSPS) is 13.9. The van der Waals surface area contributed by atoms with E-state index in [4.69, 9.17) is 4.98 Å². The molecule has 0 bridgehead atoms. The van der Waals surface area contributed by atoms with Crippen LogP contribution >= 0.6 is 22.7 Å². The van der Waals surface area contributed by atoms with E-state index < -0.39 is 0 Å². The molecule has 0 aliphatic carbocycles. The lowest BCUT2D eigenvalue weighted by Gasteiger charge is -2.23. The Morgan fingerprint density at radius 2 is 1.82 bits per heavy atom. The fraction of sp³-hybridized carbons (Fsp3) is 0.273. The van der Waals surface area contributed by atoms with Gasteiger partial charge in [0.2, 0.25) is 0 Å². The largest absolute Gasteiger partial charge is 0.331 e. The Bertz CT molecular complexity index is 1110. The van der Waals surface area contributed by atoms with Gasteiger partial charge in [-0.3, -0.25) is 4.79 Å². The van der Waals surface area contributed by atoms with E-state index in [2.05, 4.69) is 55.3 Å². The van der Waals surface area contributed by atoms with Crippen molar-refractivity contribution in [2.45, 2.75) is 32.9 Å². The summed E-state index contributed by atoms with van der Waals surface area (Å²) in [6, 6.07) is 14.9. The molecule has 4 aromatic rings. The molecule has 0 amide bonds. The van der Waals surface area contributed by atoms with Gasteiger partial charge in [-0.25, -0.2) is 4.98 Å². The number of H-pyrrole nitrogens is 1. The summed E-state index contributed by atoms with van der Waals surface area (Å²) < 4.78 is 0. The molecule has 0 unspecified atom stereocenters. The molecule has 3 N–H and O–H groups in total. The summed E-state index contributed by atoms with van der Waals surface area (Å²) in [7, 11) is 0. The summed E-state index contributed by atoms with van der Waals surface area (Å²) in [6.07, 6.45) is 0. The number of benzene rings is 1. The first-order valence-corrected chi connectivity index (χ1v) is 11.3. The zero-order chi connectivity index (χ0) is 19.7. The molecule has 0 radical (unpaired) electrons. The lowest BCUT2D eigenvalue weighted by molar-refractivity contribution is -0.738. The molecule has 1 aromatic carbocycles. The van der Waals surface area contributed by atoms with Crippen molar-refractivity contribution >= 4 is 32.9 Å². The SMILES string of the molecule is CC(C)[C@@H]([NH2+][C@H](C)c1nc2scc(-c3cccs3)c2c(=O)[nH]1)c1ccccc1. The molecule has 2 atom stereocenters. The Morgan fingerprint density at radius 1 is 1.04 bits per heavy atom. The number of aromatic amines is 1. The van der Waals surface area contributed by atoms with Crippen LogP contribution in [-0.2, 0) is 0 Å². The van der Waals surface area contributed by atoms with Gasteiger partial charge in [0.05, 0.1) is 5.39 Å². The van der Waals surface area contributed by atoms with E-state index >= 15 is 0 Å². The standard InChI is InChI=1S/C22H23N3OS2/c1-13(2)19(15-8-5-4-6-9-15)23-14(3)20-24-21(26)18-16(12-28-22(18)25-20)17-10-7-11-27-17/h4-14,19,23H,1-3H3,(H,24,25,26)/p+1/t14-,19-/m1/s1. The number of fused-ring (bicyclic) bond motifs is 1. The molecule has 0 aliphatic rings. The zero-order valence-electron chi connectivity index (χ0n) is 16.2. The van der Waals surface area contributed by atoms with Gasteiger partial charge in [-0.15, -0.1) is 22.7 Å². The van der Waals surface area contributed by atoms with Crippen molar-refractivity contribution in [2.75, 3.05) is 0 Å². The molecule has 3 heterocycles. The van der Waals surface area contributed by atoms with E-state index in [0.717, 1.165) is 21.1 Å². The Morgan fingerprint density at radius 3 is 2.50 bits per heavy atom. The van der Waals surface area contributed by atoms with Gasteiger partial charge in [-0.2, -0.15) is 0 Å². The van der Waals surface area contributed by atoms with Crippen LogP contribution in [-0.4, -0.2) is 9.97 Å². The van der Waals surface area contributed by atoms with Crippen molar-refractivity contribution in [3.05, 3.63) is 75.0 Å². The summed E-state index contributed by atoms with van der Waals surface area (Å²) >= 11 is 3.19. The van der Waals surface area contributed by atoms with Gasteiger partial charge in [-0.05, 0) is 18.4 Å². The van der Waals surface area contributed by atoms with Gasteiger partial charge in [0.1, 0.15) is 16.9 Å². The molecule has 3 aromatic heterocycles. The highest BCUT2D eigenvalue weighted by molar-refractivity contribution is 7.18. The van der Waals surface area contributed by atoms with E-state index in [-0.39, 0.29) is 11.6 Å². The van der Waals surface area contributed by atoms with Gasteiger partial charge >= 0.3 is 0 Å². The van der Waals surface area contributed by atoms with Crippen LogP contribution < -0.4 is 10.9 Å². The second-order valence-corrected chi connectivity index (χ2v) is 9.23. The van der Waals surface area contributed by atoms with Gasteiger partial charge in [0.25, 0.3) is 5.56 Å². The number of aromatic nitrogens is 2. The molecule has 28 heavy (non-hydrogen) atoms. The fourth-order valence-corrected chi connectivity index (χ4v) is 5.36. The lowest BCUT2D eigenvalue weighted by Crippen LogP contribution is -2.87. The minimum Gasteiger partial charge on any atom is -0.331 e. The third-order valence-electron chi connectivity index (χ3n) is 5.08. The smallest absolute Gasteiger partial charge is 0.260 e. The van der Waals surface area contributed by atoms with Crippen LogP contribution in [0.4, 0.5) is 0 Å². The Kier molecular flexibility index (Phi) is 5.44. The number of rotatable bonds is 6. The number of hydrogen-bond acceptors (Lipinski definition) is 4. The first-order valence-electron chi connectivity index (χ1n) is 9.50. The van der Waals surface area contributed by atoms with Gasteiger partial charge in [0.15, 0.2) is 5.82 Å². The maximum absolute atomic E-state index is 12.9. The lowest BCUT2D eigenvalue weighted by atomic mass is 9.95. The molecule has 0 aliphatic heterocycles. The molecule has 4 nitrogen and oxygen atoms in total. The van der Waals surface area contributed by atoms with Crippen LogP contribution in [0.15, 0.2) is 58.0 Å². The van der Waals surface area contributed by atoms with Crippen molar-refractivity contribution in [3.8, 4) is 10.4 Å². The molecule has 144 valence electrons. The third kappa shape index (κ3) is 3.68. The van der Waals surface area contributed by atoms with Crippen molar-refractivity contribution in [3.63, 3.8) is 0 Å². The minimum absolute atomic E-state index is 0.0503. The highest BCUT2D eigenvalue weighted by Gasteiger charge is 2.25. The van der Waals surface area contributed by atoms with Crippen LogP contribution in [0.2, 0.25) is 0 Å². The van der Waals surface area contributed by atoms with Crippen molar-refractivity contribution in [1.29, 1.82) is 0 Å². The molecular formula is C22H24N3OS2+. The number of thiophene rings is 2. The van der Waals surface area contributed by atoms with Gasteiger partial charge in [0, 0.05) is 27.3 Å². The molecular weight excluding hydrogens is 386 g/mol. The van der Waals surface area contributed by atoms with Gasteiger partial charge in [-0.1, -0.05) is 50.2 Å². The van der Waals surface area contributed by atoms with Crippen molar-refractivity contribution < 1.29 is 5.32 Å². The molecule has 0 saturated heterocycles. The fourth-order valence-electron chi connectivity index (χ4n) is 3.59. The quantitative estimate of drug-likeness (QED) is 0.482. The maximum atomic E-state index is 12.9. The molecule has 0 spiro atoms. The highest BCUT2D eigenvalue weighted by atomic mass is 32.1. The summed E-state index contributed by atoms with van der Waals surface area (Å²) in [6.45, 7) is 6.57. The van der Waals surface area contributed by atoms with Crippen LogP contribution in [0, 0.1) is 5.92 Å². The molecule has 0 saturated carbocycles. The number of nitrogens with one attached hydrogen (secondary N) is 1. The average Bonchev–Trinajstić information content (AvgIpc) is 3.35. The van der Waals surface area contributed by atoms with Crippen molar-refractivity contribution in [2.24, 2.45) is 5.92 Å². The third-order valence-corrected chi connectivity index (χ3v) is 6.85. The highest BCUT2D eigenvalue weighted by Crippen LogP contribution is 2.33. The van der Waals surface area contributed by atoms with E-state index in [1.165, 1.54) is 5.56 Å². The summed E-state index contributed by atoms with van der Waals surface area (Å²) in [5.41, 5.74) is 2.23. The predicted octanol–water partition coefficient (Wildman–Crippen LogP) is 4.73. The second kappa shape index (κ2) is 7.99. The molecule has 0 fully saturated rings. The minimum atomic E-state index is -0.0503. The first-order chi connectivity index (χ1) is 13.5. The Labute approximate surface area is 172 Å². The van der Waals surface area contributed by atoms with Crippen LogP contribution in [0.3, 0.4) is 0 Å². The van der Waals surface area contributed by atoms with Gasteiger partial charge < -0.3 is 10.3 Å². The van der Waals surface area contributed by atoms with E-state index in [9.17, 15) is 4.79 Å². The number of nitrogens with two attached hydrogens (primary N) is 1. The Hall–Kier alpha value is -2.28. The number of hydrogen-bond donors (Lipinski definition) is 2. The van der Waals surface area contributed by atoms with E-state index in [0.29, 0.717) is 17.3 Å². The maximum Gasteiger partial charge on any atom is 0.260 e. The molecule has 4 rings (SSSR count). The van der Waals surface area contributed by atoms with Crippen LogP contribution in [0.5, 0.6) is 0 Å². The summed E-state index contributed by atoms with van der Waals surface area (Å²) in [5.74, 6) is 1.20. The Balaban J connectivity index is 1.66. The average molecular weight is 411 g/mol. The van der Waals surface area contributed by atoms with Crippen LogP contribution in [0.25, 0.3) is 20.7 Å². The molecule has 6 heteroatoms. The zero-order valence-corrected chi connectivity index (χ0v) is 17.8. The number of nitrogens with zero attached hydrogens (tertiary/aromatic N) is 1. The monoisotopic (exact) mass is 410 g/mol. The topological polar surface area (TPSA) is 62.4 Å². The predicted molar refractivity (Wildman–Crippen MR) is 118 cm³/mol. The summed E-state index contributed by atoms with van der Waals surface area (Å²) in [5, 5.41) is 7.07. The second-order valence-electron chi connectivity index (χ2n) is 7.42. The van der Waals surface area contributed by atoms with E-state index in [1.54, 1.807) is 22.7 Å². The van der Waals surface area contributed by atoms with Crippen molar-refractivity contribution in [1.82, 2.24) is 9.97 Å². The van der Waals surface area contributed by atoms with E-state index in [1.807, 2.05) is 29.0 Å². The number of quaternary nitrogens is 1. The summed E-state index contributed by atoms with van der Waals surface area (Å²) in [4.78, 5) is 22.6. The first kappa shape index (κ1) is 19.1. The van der Waals surface area contributed by atoms with Crippen LogP contribution in [0.1, 0.15) is 44.2 Å².